The minimum Gasteiger partial charge on any atom is -0.380 e. The Hall–Kier alpha value is -0.660. The molecule has 1 saturated heterocycles. The first-order valence-corrected chi connectivity index (χ1v) is 3.44. The first-order chi connectivity index (χ1) is 4.83. The summed E-state index contributed by atoms with van der Waals surface area (Å²) in [4.78, 5) is 13.3. The maximum Gasteiger partial charge on any atom is 0.234 e. The molecule has 0 aromatic heterocycles. The fourth-order valence-electron chi connectivity index (χ4n) is 0.998. The van der Waals surface area contributed by atoms with Crippen molar-refractivity contribution in [3.05, 3.63) is 0 Å². The summed E-state index contributed by atoms with van der Waals surface area (Å²) in [5, 5.41) is 0. The second-order valence-corrected chi connectivity index (χ2v) is 2.75. The fourth-order valence-corrected chi connectivity index (χ4v) is 0.998. The van der Waals surface area contributed by atoms with Crippen LogP contribution in [0.25, 0.3) is 0 Å². The average molecular weight is 141 g/mol. The van der Waals surface area contributed by atoms with Gasteiger partial charge in [-0.15, -0.1) is 0 Å². The van der Waals surface area contributed by atoms with Crippen LogP contribution in [0.3, 0.4) is 0 Å². The molecule has 0 N–H and O–H groups in total. The van der Waals surface area contributed by atoms with Crippen LogP contribution in [0.1, 0.15) is 13.3 Å². The minimum absolute atomic E-state index is 0.164. The Morgan fingerprint density at radius 2 is 2.40 bits per heavy atom. The van der Waals surface area contributed by atoms with E-state index >= 15 is 0 Å². The highest BCUT2D eigenvalue weighted by molar-refractivity contribution is 5.33. The molecule has 0 aromatic carbocycles. The van der Waals surface area contributed by atoms with E-state index in [1.807, 2.05) is 0 Å². The Balaban J connectivity index is 2.40. The summed E-state index contributed by atoms with van der Waals surface area (Å²) in [7, 11) is 0. The zero-order valence-corrected chi connectivity index (χ0v) is 6.09. The average Bonchev–Trinajstić information content (AvgIpc) is 1.87. The minimum atomic E-state index is 0.164. The lowest BCUT2D eigenvalue weighted by molar-refractivity contribution is -0.108. The molecular weight excluding hydrogens is 130 g/mol. The maximum atomic E-state index is 9.77. The highest BCUT2D eigenvalue weighted by Gasteiger charge is 2.36. The van der Waals surface area contributed by atoms with E-state index in [2.05, 4.69) is 11.9 Å². The van der Waals surface area contributed by atoms with Crippen molar-refractivity contribution in [1.82, 2.24) is 0 Å². The van der Waals surface area contributed by atoms with Crippen LogP contribution in [0.4, 0.5) is 0 Å². The highest BCUT2D eigenvalue weighted by Crippen LogP contribution is 2.30. The predicted octanol–water partition coefficient (Wildman–Crippen LogP) is 0.749. The van der Waals surface area contributed by atoms with E-state index in [0.717, 1.165) is 19.6 Å². The third kappa shape index (κ3) is 1.25. The molecule has 0 aromatic rings. The van der Waals surface area contributed by atoms with E-state index in [1.54, 1.807) is 6.08 Å². The second kappa shape index (κ2) is 2.95. The molecule has 0 bridgehead atoms. The van der Waals surface area contributed by atoms with Crippen molar-refractivity contribution >= 4 is 6.08 Å². The SMILES string of the molecule is CCC1(CN=C=O)COC1. The van der Waals surface area contributed by atoms with Crippen molar-refractivity contribution in [2.75, 3.05) is 19.8 Å². The number of nitrogens with zero attached hydrogens (tertiary/aromatic N) is 1. The molecule has 1 fully saturated rings. The van der Waals surface area contributed by atoms with Gasteiger partial charge in [-0.05, 0) is 6.42 Å². The predicted molar refractivity (Wildman–Crippen MR) is 36.5 cm³/mol. The lowest BCUT2D eigenvalue weighted by Crippen LogP contribution is -2.44. The van der Waals surface area contributed by atoms with Gasteiger partial charge in [0.2, 0.25) is 6.08 Å². The number of isocyanates is 1. The van der Waals surface area contributed by atoms with Crippen molar-refractivity contribution in [3.63, 3.8) is 0 Å². The number of hydrogen-bond acceptors (Lipinski definition) is 3. The van der Waals surface area contributed by atoms with E-state index in [-0.39, 0.29) is 5.41 Å². The van der Waals surface area contributed by atoms with Crippen molar-refractivity contribution in [2.24, 2.45) is 10.4 Å². The Kier molecular flexibility index (Phi) is 2.20. The zero-order valence-electron chi connectivity index (χ0n) is 6.09. The van der Waals surface area contributed by atoms with Crippen LogP contribution >= 0.6 is 0 Å². The van der Waals surface area contributed by atoms with Crippen LogP contribution in [0.5, 0.6) is 0 Å². The van der Waals surface area contributed by atoms with Crippen molar-refractivity contribution < 1.29 is 9.53 Å². The van der Waals surface area contributed by atoms with Crippen molar-refractivity contribution in [3.8, 4) is 0 Å². The molecule has 1 heterocycles. The molecule has 0 atom stereocenters. The van der Waals surface area contributed by atoms with E-state index in [1.165, 1.54) is 0 Å². The Labute approximate surface area is 60.1 Å². The fraction of sp³-hybridized carbons (Fsp3) is 0.857. The smallest absolute Gasteiger partial charge is 0.234 e. The third-order valence-electron chi connectivity index (χ3n) is 2.05. The van der Waals surface area contributed by atoms with Crippen LogP contribution in [-0.2, 0) is 9.53 Å². The van der Waals surface area contributed by atoms with E-state index in [9.17, 15) is 4.79 Å². The van der Waals surface area contributed by atoms with Gasteiger partial charge in [-0.3, -0.25) is 0 Å². The normalized spacial score (nSPS) is 20.9. The Morgan fingerprint density at radius 3 is 2.70 bits per heavy atom. The van der Waals surface area contributed by atoms with Gasteiger partial charge in [0.05, 0.1) is 19.8 Å². The van der Waals surface area contributed by atoms with Crippen molar-refractivity contribution in [1.29, 1.82) is 0 Å². The molecule has 56 valence electrons. The van der Waals surface area contributed by atoms with Crippen LogP contribution in [0.15, 0.2) is 4.99 Å². The van der Waals surface area contributed by atoms with Gasteiger partial charge in [-0.2, -0.15) is 0 Å². The molecule has 0 radical (unpaired) electrons. The molecule has 0 aliphatic carbocycles. The quantitative estimate of drug-likeness (QED) is 0.429. The third-order valence-corrected chi connectivity index (χ3v) is 2.05. The summed E-state index contributed by atoms with van der Waals surface area (Å²) in [5.74, 6) is 0. The first kappa shape index (κ1) is 7.45. The highest BCUT2D eigenvalue weighted by atomic mass is 16.5. The maximum absolute atomic E-state index is 9.77. The van der Waals surface area contributed by atoms with Crippen molar-refractivity contribution in [2.45, 2.75) is 13.3 Å². The zero-order chi connectivity index (χ0) is 7.45. The lowest BCUT2D eigenvalue weighted by Gasteiger charge is -2.38. The molecule has 10 heavy (non-hydrogen) atoms. The van der Waals surface area contributed by atoms with E-state index in [4.69, 9.17) is 4.74 Å². The summed E-state index contributed by atoms with van der Waals surface area (Å²) < 4.78 is 5.04. The number of ether oxygens (including phenoxy) is 1. The van der Waals surface area contributed by atoms with Gasteiger partial charge in [-0.25, -0.2) is 9.79 Å². The molecule has 1 aliphatic rings. The molecule has 0 unspecified atom stereocenters. The van der Waals surface area contributed by atoms with E-state index < -0.39 is 0 Å². The summed E-state index contributed by atoms with van der Waals surface area (Å²) in [5.41, 5.74) is 0.164. The van der Waals surface area contributed by atoms with Gasteiger partial charge in [0, 0.05) is 5.41 Å². The summed E-state index contributed by atoms with van der Waals surface area (Å²) in [6, 6.07) is 0. The summed E-state index contributed by atoms with van der Waals surface area (Å²) in [6.45, 7) is 4.15. The summed E-state index contributed by atoms with van der Waals surface area (Å²) in [6.07, 6.45) is 2.57. The van der Waals surface area contributed by atoms with Crippen LogP contribution in [0, 0.1) is 5.41 Å². The van der Waals surface area contributed by atoms with Crippen LogP contribution in [-0.4, -0.2) is 25.8 Å². The molecule has 3 heteroatoms. The lowest BCUT2D eigenvalue weighted by atomic mass is 9.83. The van der Waals surface area contributed by atoms with Gasteiger partial charge in [-0.1, -0.05) is 6.92 Å². The number of carbonyl (C=O) groups excluding carboxylic acids is 1. The van der Waals surface area contributed by atoms with Gasteiger partial charge >= 0.3 is 0 Å². The van der Waals surface area contributed by atoms with Gasteiger partial charge < -0.3 is 4.74 Å². The first-order valence-electron chi connectivity index (χ1n) is 3.44. The molecule has 0 amide bonds. The monoisotopic (exact) mass is 141 g/mol. The largest absolute Gasteiger partial charge is 0.380 e. The molecule has 0 spiro atoms. The number of hydrogen-bond donors (Lipinski definition) is 0. The Morgan fingerprint density at radius 1 is 1.70 bits per heavy atom. The number of aliphatic imine (C=N–C) groups is 1. The second-order valence-electron chi connectivity index (χ2n) is 2.75. The van der Waals surface area contributed by atoms with Crippen LogP contribution < -0.4 is 0 Å². The van der Waals surface area contributed by atoms with Gasteiger partial charge in [0.15, 0.2) is 0 Å². The standard InChI is InChI=1S/C7H11NO2/c1-2-7(3-8-6-9)4-10-5-7/h2-5H2,1H3. The summed E-state index contributed by atoms with van der Waals surface area (Å²) >= 11 is 0. The molecular formula is C7H11NO2. The van der Waals surface area contributed by atoms with Gasteiger partial charge in [0.1, 0.15) is 0 Å². The topological polar surface area (TPSA) is 38.7 Å². The Bertz CT molecular complexity index is 151. The molecule has 1 aliphatic heterocycles. The number of rotatable bonds is 3. The molecule has 1 rings (SSSR count). The van der Waals surface area contributed by atoms with Crippen LogP contribution in [0.2, 0.25) is 0 Å². The van der Waals surface area contributed by atoms with Gasteiger partial charge in [0.25, 0.3) is 0 Å². The molecule has 3 nitrogen and oxygen atoms in total. The molecule has 0 saturated carbocycles. The van der Waals surface area contributed by atoms with E-state index in [0.29, 0.717) is 6.54 Å².